The summed E-state index contributed by atoms with van der Waals surface area (Å²) in [7, 11) is 0.302. The van der Waals surface area contributed by atoms with Crippen LogP contribution in [-0.4, -0.2) is 18.2 Å². The first-order chi connectivity index (χ1) is 5.73. The van der Waals surface area contributed by atoms with Gasteiger partial charge in [-0.2, -0.15) is 9.78 Å². The summed E-state index contributed by atoms with van der Waals surface area (Å²) < 4.78 is 56.5. The van der Waals surface area contributed by atoms with Gasteiger partial charge in [-0.1, -0.05) is 0 Å². The molecular formula is C4H2ClF3N2O2S. The van der Waals surface area contributed by atoms with Crippen molar-refractivity contribution >= 4 is 19.7 Å². The van der Waals surface area contributed by atoms with Crippen molar-refractivity contribution in [2.24, 2.45) is 0 Å². The fourth-order valence-corrected chi connectivity index (χ4v) is 1.60. The van der Waals surface area contributed by atoms with Crippen LogP contribution in [0.4, 0.5) is 13.2 Å². The number of nitrogens with zero attached hydrogens (tertiary/aromatic N) is 2. The molecule has 0 amide bonds. The Bertz CT molecular complexity index is 409. The molecule has 0 aliphatic rings. The minimum atomic E-state index is -4.89. The third-order valence-corrected chi connectivity index (χ3v) is 2.38. The van der Waals surface area contributed by atoms with Gasteiger partial charge < -0.3 is 0 Å². The smallest absolute Gasteiger partial charge is 0.205 e. The molecular weight excluding hydrogens is 233 g/mol. The highest BCUT2D eigenvalue weighted by Gasteiger charge is 2.37. The van der Waals surface area contributed by atoms with E-state index in [4.69, 9.17) is 10.7 Å². The zero-order valence-corrected chi connectivity index (χ0v) is 7.36. The predicted molar refractivity (Wildman–Crippen MR) is 36.6 cm³/mol. The Morgan fingerprint density at radius 3 is 2.31 bits per heavy atom. The second-order valence-corrected chi connectivity index (χ2v) is 4.50. The Morgan fingerprint density at radius 2 is 2.00 bits per heavy atom. The molecule has 1 aromatic heterocycles. The third kappa shape index (κ3) is 2.13. The van der Waals surface area contributed by atoms with E-state index >= 15 is 0 Å². The van der Waals surface area contributed by atoms with Crippen molar-refractivity contribution in [2.75, 3.05) is 0 Å². The molecule has 0 aliphatic heterocycles. The van der Waals surface area contributed by atoms with Crippen molar-refractivity contribution < 1.29 is 21.6 Å². The van der Waals surface area contributed by atoms with E-state index in [1.54, 1.807) is 0 Å². The maximum Gasteiger partial charge on any atom is 0.505 e. The van der Waals surface area contributed by atoms with Crippen molar-refractivity contribution in [3.8, 4) is 0 Å². The average Bonchev–Trinajstić information content (AvgIpc) is 2.27. The van der Waals surface area contributed by atoms with Crippen molar-refractivity contribution in [1.29, 1.82) is 0 Å². The normalized spacial score (nSPS) is 13.2. The lowest BCUT2D eigenvalue weighted by Gasteiger charge is -2.07. The molecule has 13 heavy (non-hydrogen) atoms. The first-order valence-corrected chi connectivity index (χ1v) is 5.10. The Hall–Kier alpha value is -0.760. The molecule has 0 unspecified atom stereocenters. The number of aromatic nitrogens is 2. The summed E-state index contributed by atoms with van der Waals surface area (Å²) in [4.78, 5) is 0. The first-order valence-electron chi connectivity index (χ1n) is 2.79. The van der Waals surface area contributed by atoms with Gasteiger partial charge in [-0.05, 0) is 6.07 Å². The van der Waals surface area contributed by atoms with Crippen LogP contribution >= 0.6 is 10.7 Å². The number of halogens is 4. The zero-order valence-electron chi connectivity index (χ0n) is 5.79. The number of hydrogen-bond acceptors (Lipinski definition) is 3. The molecule has 1 aromatic rings. The van der Waals surface area contributed by atoms with Crippen LogP contribution in [0.15, 0.2) is 17.3 Å². The highest BCUT2D eigenvalue weighted by molar-refractivity contribution is 8.13. The number of rotatable bonds is 1. The molecule has 1 heterocycles. The summed E-state index contributed by atoms with van der Waals surface area (Å²) in [6.07, 6.45) is -4.19. The van der Waals surface area contributed by atoms with Gasteiger partial charge in [0.1, 0.15) is 0 Å². The van der Waals surface area contributed by atoms with Crippen molar-refractivity contribution in [2.45, 2.75) is 11.3 Å². The van der Waals surface area contributed by atoms with Crippen LogP contribution in [0.25, 0.3) is 0 Å². The minimum absolute atomic E-state index is 0.616. The molecule has 4 nitrogen and oxygen atoms in total. The van der Waals surface area contributed by atoms with Crippen LogP contribution in [0.3, 0.4) is 0 Å². The monoisotopic (exact) mass is 234 g/mol. The van der Waals surface area contributed by atoms with Crippen molar-refractivity contribution in [3.05, 3.63) is 12.3 Å². The first kappa shape index (κ1) is 10.3. The molecule has 0 radical (unpaired) electrons. The van der Waals surface area contributed by atoms with Gasteiger partial charge in [0.05, 0.1) is 6.20 Å². The molecule has 0 saturated heterocycles. The highest BCUT2D eigenvalue weighted by Crippen LogP contribution is 2.26. The number of alkyl halides is 3. The fourth-order valence-electron chi connectivity index (χ4n) is 0.666. The van der Waals surface area contributed by atoms with Crippen LogP contribution in [0.5, 0.6) is 0 Å². The van der Waals surface area contributed by atoms with E-state index in [9.17, 15) is 21.6 Å². The molecule has 74 valence electrons. The summed E-state index contributed by atoms with van der Waals surface area (Å²) in [6.45, 7) is 0. The van der Waals surface area contributed by atoms with E-state index < -0.39 is 25.1 Å². The van der Waals surface area contributed by atoms with E-state index in [1.165, 1.54) is 0 Å². The molecule has 9 heteroatoms. The van der Waals surface area contributed by atoms with Gasteiger partial charge in [0.25, 0.3) is 9.05 Å². The van der Waals surface area contributed by atoms with Gasteiger partial charge in [0.2, 0.25) is 0 Å². The fraction of sp³-hybridized carbons (Fsp3) is 0.250. The maximum atomic E-state index is 12.0. The van der Waals surface area contributed by atoms with Gasteiger partial charge in [-0.3, -0.25) is 0 Å². The van der Waals surface area contributed by atoms with Crippen molar-refractivity contribution in [1.82, 2.24) is 9.78 Å². The van der Waals surface area contributed by atoms with Crippen molar-refractivity contribution in [3.63, 3.8) is 0 Å². The van der Waals surface area contributed by atoms with Gasteiger partial charge in [-0.25, -0.2) is 8.42 Å². The van der Waals surface area contributed by atoms with Gasteiger partial charge in [0.15, 0.2) is 5.03 Å². The summed E-state index contributed by atoms with van der Waals surface area (Å²) in [5.41, 5.74) is 0. The topological polar surface area (TPSA) is 52.0 Å². The van der Waals surface area contributed by atoms with Gasteiger partial charge >= 0.3 is 6.30 Å². The van der Waals surface area contributed by atoms with Crippen LogP contribution in [0.2, 0.25) is 0 Å². The Morgan fingerprint density at radius 1 is 1.46 bits per heavy atom. The summed E-state index contributed by atoms with van der Waals surface area (Å²) in [5, 5.41) is 1.69. The lowest BCUT2D eigenvalue weighted by atomic mass is 10.7. The highest BCUT2D eigenvalue weighted by atomic mass is 35.7. The second kappa shape index (κ2) is 2.88. The molecule has 1 rings (SSSR count). The Labute approximate surface area is 75.3 Å². The molecule has 0 saturated carbocycles. The minimum Gasteiger partial charge on any atom is -0.205 e. The largest absolute Gasteiger partial charge is 0.505 e. The lowest BCUT2D eigenvalue weighted by molar-refractivity contribution is -0.218. The Balaban J connectivity index is 3.35. The summed E-state index contributed by atoms with van der Waals surface area (Å²) in [5.74, 6) is 0. The standard InChI is InChI=1S/C4H2ClF3N2O2S/c5-13(11,12)3-1-2-9-10(3)4(6,7)8/h1-2H. The zero-order chi connectivity index (χ0) is 10.3. The lowest BCUT2D eigenvalue weighted by Crippen LogP contribution is -2.21. The molecule has 0 aliphatic carbocycles. The van der Waals surface area contributed by atoms with E-state index in [2.05, 4.69) is 5.10 Å². The molecule has 0 fully saturated rings. The van der Waals surface area contributed by atoms with E-state index in [1.807, 2.05) is 0 Å². The van der Waals surface area contributed by atoms with E-state index in [-0.39, 0.29) is 0 Å². The molecule has 0 spiro atoms. The molecule has 0 aromatic carbocycles. The van der Waals surface area contributed by atoms with E-state index in [0.717, 1.165) is 0 Å². The average molecular weight is 235 g/mol. The third-order valence-electron chi connectivity index (χ3n) is 1.10. The Kier molecular flexibility index (Phi) is 2.28. The molecule has 0 atom stereocenters. The maximum absolute atomic E-state index is 12.0. The van der Waals surface area contributed by atoms with Gasteiger partial charge in [-0.15, -0.1) is 13.2 Å². The van der Waals surface area contributed by atoms with E-state index in [0.29, 0.717) is 12.3 Å². The van der Waals surface area contributed by atoms with Gasteiger partial charge in [0, 0.05) is 10.7 Å². The SMILES string of the molecule is O=S(=O)(Cl)c1ccnn1C(F)(F)F. The molecule has 0 N–H and O–H groups in total. The van der Waals surface area contributed by atoms with Crippen LogP contribution in [-0.2, 0) is 15.4 Å². The predicted octanol–water partition coefficient (Wildman–Crippen LogP) is 1.29. The van der Waals surface area contributed by atoms with Crippen LogP contribution in [0.1, 0.15) is 0 Å². The quantitative estimate of drug-likeness (QED) is 0.688. The number of hydrogen-bond donors (Lipinski definition) is 0. The molecule has 0 bridgehead atoms. The van der Waals surface area contributed by atoms with Crippen LogP contribution < -0.4 is 0 Å². The summed E-state index contributed by atoms with van der Waals surface area (Å²) >= 11 is 0. The van der Waals surface area contributed by atoms with Crippen LogP contribution in [0, 0.1) is 0 Å². The summed E-state index contributed by atoms with van der Waals surface area (Å²) in [6, 6.07) is 0.663. The second-order valence-electron chi connectivity index (χ2n) is 1.99.